The van der Waals surface area contributed by atoms with E-state index in [9.17, 15) is 14.7 Å². The maximum absolute atomic E-state index is 12.6. The van der Waals surface area contributed by atoms with Gasteiger partial charge >= 0.3 is 0 Å². The van der Waals surface area contributed by atoms with Gasteiger partial charge in [0.2, 0.25) is 0 Å². The molecule has 1 fully saturated rings. The molecule has 1 aliphatic carbocycles. The van der Waals surface area contributed by atoms with Gasteiger partial charge in [0.05, 0.1) is 6.10 Å². The molecule has 4 N–H and O–H groups in total. The number of aliphatic hydroxyl groups is 1. The largest absolute Gasteiger partial charge is 0.392 e. The molecule has 1 aliphatic rings. The van der Waals surface area contributed by atoms with Crippen molar-refractivity contribution in [2.45, 2.75) is 44.5 Å². The third-order valence-electron chi connectivity index (χ3n) is 6.03. The molecule has 8 heteroatoms. The molecule has 32 heavy (non-hydrogen) atoms. The number of benzene rings is 1. The lowest BCUT2D eigenvalue weighted by molar-refractivity contribution is 0.0946. The molecule has 164 valence electrons. The summed E-state index contributed by atoms with van der Waals surface area (Å²) >= 11 is 0. The van der Waals surface area contributed by atoms with Gasteiger partial charge in [-0.3, -0.25) is 14.0 Å². The Labute approximate surface area is 184 Å². The third kappa shape index (κ3) is 4.15. The van der Waals surface area contributed by atoms with E-state index in [1.54, 1.807) is 24.4 Å². The van der Waals surface area contributed by atoms with Gasteiger partial charge in [-0.25, -0.2) is 4.98 Å². The SMILES string of the molecule is O=C(NCc1ccc2cc(CN[C@@H]3CCC[C@H]3O)[nH]c2c1)c1cc(=O)n2ccccc2n1. The van der Waals surface area contributed by atoms with Gasteiger partial charge in [0, 0.05) is 42.6 Å². The molecular weight excluding hydrogens is 406 g/mol. The van der Waals surface area contributed by atoms with Gasteiger partial charge in [-0.05, 0) is 54.5 Å². The Morgan fingerprint density at radius 3 is 2.91 bits per heavy atom. The quantitative estimate of drug-likeness (QED) is 0.374. The van der Waals surface area contributed by atoms with Gasteiger partial charge in [-0.15, -0.1) is 0 Å². The summed E-state index contributed by atoms with van der Waals surface area (Å²) in [5.41, 5.74) is 3.23. The van der Waals surface area contributed by atoms with Gasteiger partial charge in [0.25, 0.3) is 11.5 Å². The first-order valence-electron chi connectivity index (χ1n) is 10.9. The number of amides is 1. The average Bonchev–Trinajstić information content (AvgIpc) is 3.40. The summed E-state index contributed by atoms with van der Waals surface area (Å²) in [5, 5.41) is 17.3. The number of nitrogens with zero attached hydrogens (tertiary/aromatic N) is 2. The smallest absolute Gasteiger partial charge is 0.270 e. The molecular formula is C24H25N5O3. The lowest BCUT2D eigenvalue weighted by atomic mass is 10.1. The van der Waals surface area contributed by atoms with Crippen molar-refractivity contribution in [1.29, 1.82) is 0 Å². The number of hydrogen-bond acceptors (Lipinski definition) is 5. The second-order valence-corrected chi connectivity index (χ2v) is 8.29. The van der Waals surface area contributed by atoms with Crippen molar-refractivity contribution in [1.82, 2.24) is 25.0 Å². The van der Waals surface area contributed by atoms with Crippen LogP contribution >= 0.6 is 0 Å². The first kappa shape index (κ1) is 20.4. The highest BCUT2D eigenvalue weighted by atomic mass is 16.3. The summed E-state index contributed by atoms with van der Waals surface area (Å²) in [6.07, 6.45) is 4.29. The molecule has 0 spiro atoms. The summed E-state index contributed by atoms with van der Waals surface area (Å²) in [7, 11) is 0. The van der Waals surface area contributed by atoms with Crippen LogP contribution in [-0.4, -0.2) is 37.5 Å². The van der Waals surface area contributed by atoms with E-state index < -0.39 is 0 Å². The zero-order chi connectivity index (χ0) is 22.1. The van der Waals surface area contributed by atoms with Crippen LogP contribution in [0.3, 0.4) is 0 Å². The van der Waals surface area contributed by atoms with Crippen LogP contribution < -0.4 is 16.2 Å². The summed E-state index contributed by atoms with van der Waals surface area (Å²) in [4.78, 5) is 32.5. The molecule has 0 bridgehead atoms. The van der Waals surface area contributed by atoms with E-state index >= 15 is 0 Å². The Morgan fingerprint density at radius 2 is 2.06 bits per heavy atom. The Balaban J connectivity index is 1.25. The first-order chi connectivity index (χ1) is 15.6. The molecule has 3 aromatic heterocycles. The number of fused-ring (bicyclic) bond motifs is 2. The Morgan fingerprint density at radius 1 is 1.16 bits per heavy atom. The number of nitrogens with one attached hydrogen (secondary N) is 3. The minimum Gasteiger partial charge on any atom is -0.392 e. The van der Waals surface area contributed by atoms with Gasteiger partial charge in [-0.2, -0.15) is 0 Å². The highest BCUT2D eigenvalue weighted by molar-refractivity contribution is 5.92. The standard InChI is InChI=1S/C24H25N5O3/c30-21-5-3-4-18(21)25-14-17-11-16-8-7-15(10-19(16)27-17)13-26-24(32)20-12-23(31)29-9-2-1-6-22(29)28-20/h1-2,6-12,18,21,25,27,30H,3-5,13-14H2,(H,26,32)/t18-,21-/m1/s1. The second-order valence-electron chi connectivity index (χ2n) is 8.29. The Hall–Kier alpha value is -3.49. The van der Waals surface area contributed by atoms with Crippen molar-refractivity contribution in [2.75, 3.05) is 0 Å². The van der Waals surface area contributed by atoms with Crippen LogP contribution in [-0.2, 0) is 13.1 Å². The average molecular weight is 431 g/mol. The topological polar surface area (TPSA) is 112 Å². The lowest BCUT2D eigenvalue weighted by Gasteiger charge is -2.15. The molecule has 5 rings (SSSR count). The number of hydrogen-bond donors (Lipinski definition) is 4. The van der Waals surface area contributed by atoms with Gasteiger partial charge in [0.15, 0.2) is 0 Å². The molecule has 0 aliphatic heterocycles. The fourth-order valence-corrected chi connectivity index (χ4v) is 4.30. The van der Waals surface area contributed by atoms with E-state index in [1.165, 1.54) is 10.5 Å². The predicted molar refractivity (Wildman–Crippen MR) is 121 cm³/mol. The number of aromatic amines is 1. The Bertz CT molecular complexity index is 1340. The minimum atomic E-state index is -0.389. The highest BCUT2D eigenvalue weighted by Crippen LogP contribution is 2.21. The number of carbonyl (C=O) groups excluding carboxylic acids is 1. The van der Waals surface area contributed by atoms with Crippen LogP contribution in [0.2, 0.25) is 0 Å². The molecule has 0 radical (unpaired) electrons. The first-order valence-corrected chi connectivity index (χ1v) is 10.9. The molecule has 0 saturated heterocycles. The van der Waals surface area contributed by atoms with Crippen LogP contribution in [0.15, 0.2) is 59.5 Å². The monoisotopic (exact) mass is 431 g/mol. The molecule has 1 saturated carbocycles. The predicted octanol–water partition coefficient (Wildman–Crippen LogP) is 2.11. The van der Waals surface area contributed by atoms with E-state index in [0.29, 0.717) is 18.7 Å². The van der Waals surface area contributed by atoms with Crippen molar-refractivity contribution < 1.29 is 9.90 Å². The maximum Gasteiger partial charge on any atom is 0.270 e. The van der Waals surface area contributed by atoms with Gasteiger partial charge < -0.3 is 20.7 Å². The summed E-state index contributed by atoms with van der Waals surface area (Å²) in [6, 6.07) is 14.7. The third-order valence-corrected chi connectivity index (χ3v) is 6.03. The summed E-state index contributed by atoms with van der Waals surface area (Å²) < 4.78 is 1.40. The zero-order valence-electron chi connectivity index (χ0n) is 17.5. The maximum atomic E-state index is 12.6. The lowest BCUT2D eigenvalue weighted by Crippen LogP contribution is -2.35. The molecule has 1 aromatic carbocycles. The number of rotatable bonds is 6. The van der Waals surface area contributed by atoms with Gasteiger partial charge in [0.1, 0.15) is 11.3 Å². The zero-order valence-corrected chi connectivity index (χ0v) is 17.5. The van der Waals surface area contributed by atoms with Gasteiger partial charge in [-0.1, -0.05) is 18.2 Å². The van der Waals surface area contributed by atoms with E-state index in [4.69, 9.17) is 0 Å². The van der Waals surface area contributed by atoms with Crippen molar-refractivity contribution in [2.24, 2.45) is 0 Å². The number of carbonyl (C=O) groups is 1. The van der Waals surface area contributed by atoms with E-state index in [-0.39, 0.29) is 29.3 Å². The van der Waals surface area contributed by atoms with Crippen LogP contribution in [0.4, 0.5) is 0 Å². The molecule has 0 unspecified atom stereocenters. The summed E-state index contributed by atoms with van der Waals surface area (Å²) in [5.74, 6) is -0.389. The van der Waals surface area contributed by atoms with E-state index in [1.807, 2.05) is 18.2 Å². The Kier molecular flexibility index (Phi) is 5.46. The summed E-state index contributed by atoms with van der Waals surface area (Å²) in [6.45, 7) is 0.997. The number of aromatic nitrogens is 3. The van der Waals surface area contributed by atoms with Crippen molar-refractivity contribution in [3.05, 3.63) is 82.0 Å². The second kappa shape index (κ2) is 8.57. The van der Waals surface area contributed by atoms with E-state index in [0.717, 1.165) is 41.4 Å². The number of pyridine rings is 1. The molecule has 3 heterocycles. The molecule has 8 nitrogen and oxygen atoms in total. The normalized spacial score (nSPS) is 18.4. The highest BCUT2D eigenvalue weighted by Gasteiger charge is 2.24. The molecule has 4 aromatic rings. The van der Waals surface area contributed by atoms with Crippen molar-refractivity contribution in [3.8, 4) is 0 Å². The van der Waals surface area contributed by atoms with Crippen molar-refractivity contribution in [3.63, 3.8) is 0 Å². The van der Waals surface area contributed by atoms with Crippen molar-refractivity contribution >= 4 is 22.5 Å². The van der Waals surface area contributed by atoms with Crippen LogP contribution in [0.25, 0.3) is 16.6 Å². The molecule has 1 amide bonds. The van der Waals surface area contributed by atoms with Crippen LogP contribution in [0.5, 0.6) is 0 Å². The van der Waals surface area contributed by atoms with E-state index in [2.05, 4.69) is 26.7 Å². The fourth-order valence-electron chi connectivity index (χ4n) is 4.30. The number of H-pyrrole nitrogens is 1. The van der Waals surface area contributed by atoms with Crippen LogP contribution in [0, 0.1) is 0 Å². The number of aliphatic hydroxyl groups excluding tert-OH is 1. The molecule has 2 atom stereocenters. The fraction of sp³-hybridized carbons (Fsp3) is 0.292. The minimum absolute atomic E-state index is 0.101. The van der Waals surface area contributed by atoms with Crippen LogP contribution in [0.1, 0.15) is 41.0 Å².